The van der Waals surface area contributed by atoms with Crippen molar-refractivity contribution in [3.63, 3.8) is 0 Å². The fraction of sp³-hybridized carbons (Fsp3) is 0.571. The number of nitriles is 1. The molecule has 2 heterocycles. The fourth-order valence-electron chi connectivity index (χ4n) is 2.73. The molecule has 2 aliphatic rings. The first-order valence-corrected chi connectivity index (χ1v) is 8.75. The second-order valence-electron chi connectivity index (χ2n) is 5.65. The van der Waals surface area contributed by atoms with Crippen LogP contribution in [0.25, 0.3) is 0 Å². The Bertz CT molecular complexity index is 664. The van der Waals surface area contributed by atoms with Gasteiger partial charge in [0.15, 0.2) is 0 Å². The summed E-state index contributed by atoms with van der Waals surface area (Å²) in [5.74, 6) is 0. The number of piperidine rings is 1. The number of sulfonamides is 1. The van der Waals surface area contributed by atoms with Crippen LogP contribution in [-0.2, 0) is 10.0 Å². The third-order valence-electron chi connectivity index (χ3n) is 3.98. The third-order valence-corrected chi connectivity index (χ3v) is 5.99. The Hall–Kier alpha value is -1.65. The number of aromatic nitrogens is 1. The summed E-state index contributed by atoms with van der Waals surface area (Å²) in [6, 6.07) is 3.76. The molecule has 1 unspecified atom stereocenters. The van der Waals surface area contributed by atoms with Gasteiger partial charge in [0.05, 0.1) is 22.7 Å². The second kappa shape index (κ2) is 5.62. The monoisotopic (exact) mass is 306 g/mol. The minimum atomic E-state index is -3.17. The van der Waals surface area contributed by atoms with E-state index in [0.29, 0.717) is 12.1 Å². The van der Waals surface area contributed by atoms with Gasteiger partial charge >= 0.3 is 0 Å². The van der Waals surface area contributed by atoms with Crippen molar-refractivity contribution < 1.29 is 8.42 Å². The van der Waals surface area contributed by atoms with Crippen molar-refractivity contribution in [2.45, 2.75) is 37.0 Å². The molecule has 0 amide bonds. The Kier molecular flexibility index (Phi) is 3.83. The van der Waals surface area contributed by atoms with Crippen LogP contribution in [0.5, 0.6) is 0 Å². The highest BCUT2D eigenvalue weighted by molar-refractivity contribution is 7.90. The summed E-state index contributed by atoms with van der Waals surface area (Å²) >= 11 is 0. The van der Waals surface area contributed by atoms with Gasteiger partial charge in [0.2, 0.25) is 10.0 Å². The molecule has 1 aliphatic carbocycles. The van der Waals surface area contributed by atoms with Crippen molar-refractivity contribution in [1.82, 2.24) is 9.71 Å². The van der Waals surface area contributed by atoms with Crippen LogP contribution in [-0.4, -0.2) is 37.8 Å². The quantitative estimate of drug-likeness (QED) is 0.897. The summed E-state index contributed by atoms with van der Waals surface area (Å²) in [7, 11) is -3.17. The molecule has 2 fully saturated rings. The normalized spacial score (nSPS) is 22.8. The molecule has 1 N–H and O–H groups in total. The first-order chi connectivity index (χ1) is 10.1. The van der Waals surface area contributed by atoms with E-state index in [2.05, 4.69) is 20.7 Å². The Morgan fingerprint density at radius 3 is 2.90 bits per heavy atom. The number of pyridine rings is 1. The topological polar surface area (TPSA) is 86.1 Å². The van der Waals surface area contributed by atoms with Gasteiger partial charge in [-0.15, -0.1) is 0 Å². The molecule has 1 aromatic heterocycles. The molecule has 7 heteroatoms. The highest BCUT2D eigenvalue weighted by atomic mass is 32.2. The largest absolute Gasteiger partial charge is 0.368 e. The predicted octanol–water partition coefficient (Wildman–Crippen LogP) is 1.00. The van der Waals surface area contributed by atoms with Gasteiger partial charge in [-0.1, -0.05) is 0 Å². The summed E-state index contributed by atoms with van der Waals surface area (Å²) in [4.78, 5) is 6.13. The lowest BCUT2D eigenvalue weighted by Gasteiger charge is -2.34. The summed E-state index contributed by atoms with van der Waals surface area (Å²) in [5, 5.41) is 8.97. The highest BCUT2D eigenvalue weighted by Gasteiger charge is 2.37. The van der Waals surface area contributed by atoms with Gasteiger partial charge < -0.3 is 4.90 Å². The molecule has 0 radical (unpaired) electrons. The summed E-state index contributed by atoms with van der Waals surface area (Å²) in [6.45, 7) is 1.41. The lowest BCUT2D eigenvalue weighted by molar-refractivity contribution is 0.465. The minimum absolute atomic E-state index is 0.0869. The van der Waals surface area contributed by atoms with Crippen molar-refractivity contribution in [2.24, 2.45) is 0 Å². The van der Waals surface area contributed by atoms with Crippen LogP contribution in [0.3, 0.4) is 0 Å². The molecule has 1 aromatic rings. The zero-order chi connectivity index (χ0) is 14.9. The van der Waals surface area contributed by atoms with E-state index in [1.165, 1.54) is 0 Å². The predicted molar refractivity (Wildman–Crippen MR) is 79.3 cm³/mol. The van der Waals surface area contributed by atoms with E-state index in [1.54, 1.807) is 18.5 Å². The van der Waals surface area contributed by atoms with Crippen LogP contribution >= 0.6 is 0 Å². The molecular weight excluding hydrogens is 288 g/mol. The molecule has 1 aliphatic heterocycles. The Morgan fingerprint density at radius 1 is 1.38 bits per heavy atom. The average molecular weight is 306 g/mol. The van der Waals surface area contributed by atoms with Gasteiger partial charge in [-0.3, -0.25) is 4.98 Å². The summed E-state index contributed by atoms with van der Waals surface area (Å²) in [6.07, 6.45) is 6.55. The smallest absolute Gasteiger partial charge is 0.214 e. The Balaban J connectivity index is 1.72. The van der Waals surface area contributed by atoms with Gasteiger partial charge in [0.1, 0.15) is 6.07 Å². The fourth-order valence-corrected chi connectivity index (χ4v) is 4.34. The van der Waals surface area contributed by atoms with E-state index in [4.69, 9.17) is 5.26 Å². The molecule has 112 valence electrons. The van der Waals surface area contributed by atoms with Crippen LogP contribution in [0.15, 0.2) is 18.5 Å². The lowest BCUT2D eigenvalue weighted by Crippen LogP contribution is -2.48. The van der Waals surface area contributed by atoms with E-state index in [-0.39, 0.29) is 11.3 Å². The van der Waals surface area contributed by atoms with Crippen molar-refractivity contribution in [2.75, 3.05) is 18.0 Å². The maximum absolute atomic E-state index is 12.0. The SMILES string of the molecule is N#Cc1ccncc1N1CCCC(NS(=O)(=O)C2CC2)C1. The maximum atomic E-state index is 12.0. The van der Waals surface area contributed by atoms with Gasteiger partial charge in [-0.2, -0.15) is 5.26 Å². The van der Waals surface area contributed by atoms with E-state index in [1.807, 2.05) is 0 Å². The zero-order valence-corrected chi connectivity index (χ0v) is 12.5. The molecule has 0 aromatic carbocycles. The molecule has 6 nitrogen and oxygen atoms in total. The second-order valence-corrected chi connectivity index (χ2v) is 7.64. The average Bonchev–Trinajstić information content (AvgIpc) is 3.32. The standard InChI is InChI=1S/C14H18N4O2S/c15-8-11-5-6-16-9-14(11)18-7-1-2-12(10-18)17-21(19,20)13-3-4-13/h5-6,9,12-13,17H,1-4,7,10H2. The van der Waals surface area contributed by atoms with E-state index in [0.717, 1.165) is 37.9 Å². The third kappa shape index (κ3) is 3.17. The van der Waals surface area contributed by atoms with Crippen LogP contribution in [0.4, 0.5) is 5.69 Å². The number of nitrogens with one attached hydrogen (secondary N) is 1. The van der Waals surface area contributed by atoms with Gasteiger partial charge in [0, 0.05) is 25.3 Å². The van der Waals surface area contributed by atoms with Crippen molar-refractivity contribution in [1.29, 1.82) is 5.26 Å². The molecule has 3 rings (SSSR count). The van der Waals surface area contributed by atoms with Crippen LogP contribution < -0.4 is 9.62 Å². The van der Waals surface area contributed by atoms with E-state index in [9.17, 15) is 8.42 Å². The molecule has 1 atom stereocenters. The Morgan fingerprint density at radius 2 is 2.19 bits per heavy atom. The molecular formula is C14H18N4O2S. The van der Waals surface area contributed by atoms with Crippen LogP contribution in [0.2, 0.25) is 0 Å². The summed E-state index contributed by atoms with van der Waals surface area (Å²) < 4.78 is 26.9. The van der Waals surface area contributed by atoms with E-state index < -0.39 is 10.0 Å². The van der Waals surface area contributed by atoms with Gasteiger partial charge in [-0.25, -0.2) is 13.1 Å². The number of nitrogens with zero attached hydrogens (tertiary/aromatic N) is 3. The molecule has 0 bridgehead atoms. The number of rotatable bonds is 4. The minimum Gasteiger partial charge on any atom is -0.368 e. The Labute approximate surface area is 124 Å². The van der Waals surface area contributed by atoms with Crippen molar-refractivity contribution in [3.05, 3.63) is 24.0 Å². The van der Waals surface area contributed by atoms with Crippen molar-refractivity contribution >= 4 is 15.7 Å². The number of hydrogen-bond donors (Lipinski definition) is 1. The molecule has 21 heavy (non-hydrogen) atoms. The molecule has 0 spiro atoms. The lowest BCUT2D eigenvalue weighted by atomic mass is 10.1. The van der Waals surface area contributed by atoms with Gasteiger partial charge in [-0.05, 0) is 31.7 Å². The zero-order valence-electron chi connectivity index (χ0n) is 11.7. The van der Waals surface area contributed by atoms with Gasteiger partial charge in [0.25, 0.3) is 0 Å². The van der Waals surface area contributed by atoms with Crippen molar-refractivity contribution in [3.8, 4) is 6.07 Å². The number of anilines is 1. The maximum Gasteiger partial charge on any atom is 0.214 e. The van der Waals surface area contributed by atoms with Crippen LogP contribution in [0.1, 0.15) is 31.2 Å². The first-order valence-electron chi connectivity index (χ1n) is 7.20. The first kappa shape index (κ1) is 14.3. The molecule has 1 saturated heterocycles. The summed E-state index contributed by atoms with van der Waals surface area (Å²) in [5.41, 5.74) is 1.37. The van der Waals surface area contributed by atoms with E-state index >= 15 is 0 Å². The highest BCUT2D eigenvalue weighted by Crippen LogP contribution is 2.29. The van der Waals surface area contributed by atoms with Crippen LogP contribution in [0, 0.1) is 11.3 Å². The molecule has 1 saturated carbocycles. The number of hydrogen-bond acceptors (Lipinski definition) is 5.